The third-order valence-corrected chi connectivity index (χ3v) is 5.00. The average Bonchev–Trinajstić information content (AvgIpc) is 3.48. The number of carbonyl (C=O) groups excluding carboxylic acids is 2. The number of anilines is 1. The molecule has 8 nitrogen and oxygen atoms in total. The Morgan fingerprint density at radius 3 is 2.44 bits per heavy atom. The molecule has 174 valence electrons. The monoisotopic (exact) mass is 468 g/mol. The summed E-state index contributed by atoms with van der Waals surface area (Å²) < 4.78 is 41.9. The molecule has 4 aromatic rings. The molecule has 11 heteroatoms. The lowest BCUT2D eigenvalue weighted by atomic mass is 10.2. The first-order chi connectivity index (χ1) is 16.2. The summed E-state index contributed by atoms with van der Waals surface area (Å²) in [6.07, 6.45) is 0.199. The molecule has 0 saturated carbocycles. The molecule has 0 radical (unpaired) electrons. The lowest BCUT2D eigenvalue weighted by molar-refractivity contribution is -0.137. The topological polar surface area (TPSA) is 93.8 Å². The molecular weight excluding hydrogens is 449 g/mol. The highest BCUT2D eigenvalue weighted by molar-refractivity contribution is 5.99. The van der Waals surface area contributed by atoms with Crippen molar-refractivity contribution in [2.45, 2.75) is 13.1 Å². The van der Waals surface area contributed by atoms with Crippen LogP contribution in [0.1, 0.15) is 21.6 Å². The van der Waals surface area contributed by atoms with Gasteiger partial charge in [0, 0.05) is 18.1 Å². The number of nitrogens with zero attached hydrogens (tertiary/aromatic N) is 4. The van der Waals surface area contributed by atoms with Crippen LogP contribution in [0.2, 0.25) is 0 Å². The zero-order valence-corrected chi connectivity index (χ0v) is 17.9. The molecule has 34 heavy (non-hydrogen) atoms. The second-order valence-electron chi connectivity index (χ2n) is 7.33. The Kier molecular flexibility index (Phi) is 6.17. The summed E-state index contributed by atoms with van der Waals surface area (Å²) in [7, 11) is 0. The van der Waals surface area contributed by atoms with Crippen LogP contribution in [0, 0.1) is 6.92 Å². The summed E-state index contributed by atoms with van der Waals surface area (Å²) in [5.74, 6) is -1.01. The van der Waals surface area contributed by atoms with Crippen molar-refractivity contribution in [3.8, 4) is 11.4 Å². The molecule has 0 spiro atoms. The number of nitrogens with one attached hydrogen (secondary N) is 2. The van der Waals surface area contributed by atoms with Crippen LogP contribution in [-0.2, 0) is 11.0 Å². The molecule has 2 N–H and O–H groups in total. The zero-order valence-electron chi connectivity index (χ0n) is 17.9. The number of halogens is 3. The van der Waals surface area contributed by atoms with E-state index in [0.717, 1.165) is 17.8 Å². The van der Waals surface area contributed by atoms with Gasteiger partial charge in [0.1, 0.15) is 0 Å². The molecule has 0 saturated heterocycles. The van der Waals surface area contributed by atoms with Gasteiger partial charge in [-0.05, 0) is 55.5 Å². The largest absolute Gasteiger partial charge is 0.416 e. The predicted molar refractivity (Wildman–Crippen MR) is 118 cm³/mol. The summed E-state index contributed by atoms with van der Waals surface area (Å²) in [5.41, 5.74) is 1.20. The highest BCUT2D eigenvalue weighted by Gasteiger charge is 2.30. The van der Waals surface area contributed by atoms with Crippen molar-refractivity contribution in [3.05, 3.63) is 90.0 Å². The van der Waals surface area contributed by atoms with Gasteiger partial charge in [0.05, 0.1) is 40.9 Å². The van der Waals surface area contributed by atoms with E-state index in [0.29, 0.717) is 11.4 Å². The van der Waals surface area contributed by atoms with Crippen molar-refractivity contribution in [1.82, 2.24) is 24.9 Å². The second kappa shape index (κ2) is 9.22. The van der Waals surface area contributed by atoms with Crippen LogP contribution in [0.15, 0.2) is 73.2 Å². The summed E-state index contributed by atoms with van der Waals surface area (Å²) in [6, 6.07) is 13.4. The number of amides is 2. The Labute approximate surface area is 192 Å². The molecule has 2 aromatic carbocycles. The Balaban J connectivity index is 1.37. The van der Waals surface area contributed by atoms with E-state index in [2.05, 4.69) is 20.8 Å². The van der Waals surface area contributed by atoms with E-state index in [4.69, 9.17) is 0 Å². The molecule has 0 aliphatic carbocycles. The maximum Gasteiger partial charge on any atom is 0.416 e. The fourth-order valence-electron chi connectivity index (χ4n) is 3.29. The normalized spacial score (nSPS) is 11.3. The van der Waals surface area contributed by atoms with Gasteiger partial charge in [0.25, 0.3) is 5.91 Å². The van der Waals surface area contributed by atoms with Crippen LogP contribution >= 0.6 is 0 Å². The molecule has 0 unspecified atom stereocenters. The minimum atomic E-state index is -4.50. The van der Waals surface area contributed by atoms with E-state index in [1.54, 1.807) is 54.3 Å². The maximum absolute atomic E-state index is 13.0. The fourth-order valence-corrected chi connectivity index (χ4v) is 3.29. The van der Waals surface area contributed by atoms with Crippen LogP contribution in [-0.4, -0.2) is 37.9 Å². The molecule has 0 fully saturated rings. The van der Waals surface area contributed by atoms with Gasteiger partial charge in [-0.1, -0.05) is 6.07 Å². The average molecular weight is 468 g/mol. The van der Waals surface area contributed by atoms with Crippen molar-refractivity contribution in [2.24, 2.45) is 0 Å². The Hall–Kier alpha value is -4.41. The van der Waals surface area contributed by atoms with Gasteiger partial charge in [-0.2, -0.15) is 23.4 Å². The van der Waals surface area contributed by atoms with E-state index in [9.17, 15) is 22.8 Å². The first-order valence-corrected chi connectivity index (χ1v) is 10.1. The van der Waals surface area contributed by atoms with Crippen molar-refractivity contribution >= 4 is 17.5 Å². The van der Waals surface area contributed by atoms with Gasteiger partial charge in [-0.3, -0.25) is 9.59 Å². The first kappa shape index (κ1) is 22.8. The van der Waals surface area contributed by atoms with Gasteiger partial charge in [-0.15, -0.1) is 0 Å². The van der Waals surface area contributed by atoms with Crippen LogP contribution in [0.5, 0.6) is 0 Å². The molecule has 2 aromatic heterocycles. The maximum atomic E-state index is 13.0. The fraction of sp³-hybridized carbons (Fsp3) is 0.130. The molecule has 0 bridgehead atoms. The van der Waals surface area contributed by atoms with E-state index in [-0.39, 0.29) is 17.8 Å². The molecule has 4 rings (SSSR count). The number of carbonyl (C=O) groups is 2. The number of hydrogen-bond acceptors (Lipinski definition) is 4. The standard InChI is InChI=1S/C23H19F3N6O2/c1-15-20(13-29-32(15)19-5-2-4-16(12-19)23(24,25)26)22(34)27-14-21(33)30-17-6-8-18(9-7-17)31-11-3-10-28-31/h2-13H,14H2,1H3,(H,27,34)(H,30,33). The number of rotatable bonds is 6. The molecule has 2 amide bonds. The number of alkyl halides is 3. The van der Waals surface area contributed by atoms with Crippen molar-refractivity contribution in [2.75, 3.05) is 11.9 Å². The van der Waals surface area contributed by atoms with E-state index >= 15 is 0 Å². The van der Waals surface area contributed by atoms with E-state index in [1.165, 1.54) is 23.0 Å². The summed E-state index contributed by atoms with van der Waals surface area (Å²) in [4.78, 5) is 24.8. The smallest absolute Gasteiger partial charge is 0.343 e. The van der Waals surface area contributed by atoms with Crippen molar-refractivity contribution < 1.29 is 22.8 Å². The van der Waals surface area contributed by atoms with E-state index in [1.807, 2.05) is 0 Å². The number of benzene rings is 2. The quantitative estimate of drug-likeness (QED) is 0.451. The van der Waals surface area contributed by atoms with Crippen LogP contribution < -0.4 is 10.6 Å². The highest BCUT2D eigenvalue weighted by atomic mass is 19.4. The lowest BCUT2D eigenvalue weighted by Gasteiger charge is -2.10. The molecule has 2 heterocycles. The van der Waals surface area contributed by atoms with Crippen molar-refractivity contribution in [1.29, 1.82) is 0 Å². The summed E-state index contributed by atoms with van der Waals surface area (Å²) >= 11 is 0. The number of hydrogen-bond donors (Lipinski definition) is 2. The van der Waals surface area contributed by atoms with Gasteiger partial charge in [0.15, 0.2) is 0 Å². The second-order valence-corrected chi connectivity index (χ2v) is 7.33. The molecule has 0 aliphatic rings. The number of aromatic nitrogens is 4. The minimum Gasteiger partial charge on any atom is -0.343 e. The van der Waals surface area contributed by atoms with Gasteiger partial charge in [-0.25, -0.2) is 9.36 Å². The van der Waals surface area contributed by atoms with Gasteiger partial charge in [0.2, 0.25) is 5.91 Å². The Bertz CT molecular complexity index is 1310. The third-order valence-electron chi connectivity index (χ3n) is 5.00. The molecule has 0 aliphatic heterocycles. The van der Waals surface area contributed by atoms with Gasteiger partial charge >= 0.3 is 6.18 Å². The van der Waals surface area contributed by atoms with Crippen LogP contribution in [0.25, 0.3) is 11.4 Å². The Morgan fingerprint density at radius 1 is 1.00 bits per heavy atom. The Morgan fingerprint density at radius 2 is 1.76 bits per heavy atom. The first-order valence-electron chi connectivity index (χ1n) is 10.1. The predicted octanol–water partition coefficient (Wildman–Crippen LogP) is 3.75. The van der Waals surface area contributed by atoms with Crippen LogP contribution in [0.4, 0.5) is 18.9 Å². The summed E-state index contributed by atoms with van der Waals surface area (Å²) in [6.45, 7) is 1.26. The highest BCUT2D eigenvalue weighted by Crippen LogP contribution is 2.30. The summed E-state index contributed by atoms with van der Waals surface area (Å²) in [5, 5.41) is 13.3. The lowest BCUT2D eigenvalue weighted by Crippen LogP contribution is -2.33. The zero-order chi connectivity index (χ0) is 24.3. The minimum absolute atomic E-state index is 0.147. The van der Waals surface area contributed by atoms with Crippen LogP contribution in [0.3, 0.4) is 0 Å². The van der Waals surface area contributed by atoms with E-state index < -0.39 is 23.6 Å². The third kappa shape index (κ3) is 4.98. The SMILES string of the molecule is Cc1c(C(=O)NCC(=O)Nc2ccc(-n3cccn3)cc2)cnn1-c1cccc(C(F)(F)F)c1. The van der Waals surface area contributed by atoms with Crippen molar-refractivity contribution in [3.63, 3.8) is 0 Å². The van der Waals surface area contributed by atoms with Gasteiger partial charge < -0.3 is 10.6 Å². The molecule has 0 atom stereocenters. The molecular formula is C23H19F3N6O2.